The average molecular weight is 276 g/mol. The first-order valence-corrected chi connectivity index (χ1v) is 7.54. The molecule has 106 valence electrons. The molecule has 0 atom stereocenters. The van der Waals surface area contributed by atoms with Gasteiger partial charge < -0.3 is 5.32 Å². The number of hydrogen-bond donors (Lipinski definition) is 1. The molecular weight excluding hydrogens is 256 g/mol. The van der Waals surface area contributed by atoms with Crippen molar-refractivity contribution in [2.75, 3.05) is 5.32 Å². The van der Waals surface area contributed by atoms with Crippen LogP contribution in [0.3, 0.4) is 0 Å². The van der Waals surface area contributed by atoms with Crippen molar-refractivity contribution in [2.24, 2.45) is 0 Å². The molecule has 2 aromatic rings. The van der Waals surface area contributed by atoms with Crippen LogP contribution >= 0.6 is 0 Å². The van der Waals surface area contributed by atoms with Crippen molar-refractivity contribution >= 4 is 5.69 Å². The third-order valence-electron chi connectivity index (χ3n) is 4.37. The summed E-state index contributed by atoms with van der Waals surface area (Å²) in [5, 5.41) is 12.3. The number of nitriles is 1. The van der Waals surface area contributed by atoms with E-state index in [-0.39, 0.29) is 0 Å². The molecule has 0 aromatic heterocycles. The van der Waals surface area contributed by atoms with E-state index in [1.54, 1.807) is 0 Å². The molecule has 2 nitrogen and oxygen atoms in total. The first-order valence-electron chi connectivity index (χ1n) is 7.54. The molecular formula is C19H20N2. The Morgan fingerprint density at radius 3 is 2.48 bits per heavy atom. The molecule has 0 radical (unpaired) electrons. The van der Waals surface area contributed by atoms with E-state index in [4.69, 9.17) is 5.26 Å². The van der Waals surface area contributed by atoms with Crippen LogP contribution < -0.4 is 5.32 Å². The van der Waals surface area contributed by atoms with E-state index in [1.807, 2.05) is 12.1 Å². The molecule has 0 spiro atoms. The molecule has 0 heterocycles. The fraction of sp³-hybridized carbons (Fsp3) is 0.316. The van der Waals surface area contributed by atoms with Crippen LogP contribution in [-0.2, 0) is 6.42 Å². The maximum absolute atomic E-state index is 8.68. The van der Waals surface area contributed by atoms with Crippen LogP contribution in [0, 0.1) is 18.3 Å². The fourth-order valence-electron chi connectivity index (χ4n) is 3.08. The maximum Gasteiger partial charge on any atom is 0.0669 e. The quantitative estimate of drug-likeness (QED) is 0.897. The number of nitrogens with zero attached hydrogens (tertiary/aromatic N) is 1. The van der Waals surface area contributed by atoms with Crippen LogP contribution in [0.1, 0.15) is 35.4 Å². The van der Waals surface area contributed by atoms with Gasteiger partial charge in [0.05, 0.1) is 12.5 Å². The smallest absolute Gasteiger partial charge is 0.0669 e. The zero-order valence-corrected chi connectivity index (χ0v) is 12.3. The first kappa shape index (κ1) is 13.7. The van der Waals surface area contributed by atoms with Gasteiger partial charge in [-0.25, -0.2) is 0 Å². The van der Waals surface area contributed by atoms with Gasteiger partial charge in [-0.1, -0.05) is 36.4 Å². The highest BCUT2D eigenvalue weighted by Gasteiger charge is 2.30. The summed E-state index contributed by atoms with van der Waals surface area (Å²) < 4.78 is 0. The van der Waals surface area contributed by atoms with Gasteiger partial charge in [0.1, 0.15) is 0 Å². The normalized spacial score (nSPS) is 20.4. The van der Waals surface area contributed by atoms with Crippen LogP contribution in [-0.4, -0.2) is 6.04 Å². The van der Waals surface area contributed by atoms with Crippen LogP contribution in [0.5, 0.6) is 0 Å². The molecule has 0 bridgehead atoms. The molecule has 0 saturated heterocycles. The lowest BCUT2D eigenvalue weighted by atomic mass is 9.74. The molecule has 1 aliphatic carbocycles. The predicted molar refractivity (Wildman–Crippen MR) is 86.3 cm³/mol. The number of anilines is 1. The molecule has 1 fully saturated rings. The van der Waals surface area contributed by atoms with Crippen molar-refractivity contribution in [3.63, 3.8) is 0 Å². The summed E-state index contributed by atoms with van der Waals surface area (Å²) >= 11 is 0. The Morgan fingerprint density at radius 2 is 1.81 bits per heavy atom. The second-order valence-electron chi connectivity index (χ2n) is 5.90. The van der Waals surface area contributed by atoms with Gasteiger partial charge in [0.2, 0.25) is 0 Å². The van der Waals surface area contributed by atoms with Crippen LogP contribution in [0.25, 0.3) is 0 Å². The first-order chi connectivity index (χ1) is 10.3. The Hall–Kier alpha value is -2.27. The van der Waals surface area contributed by atoms with E-state index in [2.05, 4.69) is 54.7 Å². The minimum Gasteiger partial charge on any atom is -0.382 e. The molecule has 1 aliphatic rings. The van der Waals surface area contributed by atoms with Crippen LogP contribution in [0.2, 0.25) is 0 Å². The number of benzene rings is 2. The molecule has 0 unspecified atom stereocenters. The lowest BCUT2D eigenvalue weighted by Crippen LogP contribution is -2.34. The lowest BCUT2D eigenvalue weighted by molar-refractivity contribution is 0.373. The summed E-state index contributed by atoms with van der Waals surface area (Å²) in [7, 11) is 0. The average Bonchev–Trinajstić information content (AvgIpc) is 2.46. The van der Waals surface area contributed by atoms with Crippen molar-refractivity contribution in [3.05, 3.63) is 65.2 Å². The summed E-state index contributed by atoms with van der Waals surface area (Å²) in [6.07, 6.45) is 2.88. The van der Waals surface area contributed by atoms with E-state index in [0.717, 1.165) is 11.3 Å². The zero-order chi connectivity index (χ0) is 14.7. The van der Waals surface area contributed by atoms with E-state index in [1.165, 1.54) is 24.0 Å². The molecule has 1 N–H and O–H groups in total. The van der Waals surface area contributed by atoms with Gasteiger partial charge in [0.25, 0.3) is 0 Å². The second-order valence-corrected chi connectivity index (χ2v) is 5.90. The van der Waals surface area contributed by atoms with Gasteiger partial charge in [-0.3, -0.25) is 0 Å². The molecule has 2 aromatic carbocycles. The summed E-state index contributed by atoms with van der Waals surface area (Å²) in [5.41, 5.74) is 5.14. The lowest BCUT2D eigenvalue weighted by Gasteiger charge is -2.37. The van der Waals surface area contributed by atoms with Crippen molar-refractivity contribution in [3.8, 4) is 6.07 Å². The van der Waals surface area contributed by atoms with Gasteiger partial charge in [0, 0.05) is 11.7 Å². The van der Waals surface area contributed by atoms with Gasteiger partial charge in [0.15, 0.2) is 0 Å². The second kappa shape index (κ2) is 6.01. The van der Waals surface area contributed by atoms with Gasteiger partial charge in [-0.05, 0) is 54.5 Å². The van der Waals surface area contributed by atoms with Crippen molar-refractivity contribution in [2.45, 2.75) is 38.1 Å². The fourth-order valence-corrected chi connectivity index (χ4v) is 3.08. The molecule has 2 heteroatoms. The summed E-state index contributed by atoms with van der Waals surface area (Å²) in [5.74, 6) is 0.696. The minimum absolute atomic E-state index is 0.485. The minimum atomic E-state index is 0.485. The van der Waals surface area contributed by atoms with E-state index < -0.39 is 0 Å². The molecule has 3 rings (SSSR count). The third kappa shape index (κ3) is 3.08. The van der Waals surface area contributed by atoms with Crippen molar-refractivity contribution in [1.82, 2.24) is 0 Å². The van der Waals surface area contributed by atoms with E-state index >= 15 is 0 Å². The third-order valence-corrected chi connectivity index (χ3v) is 4.37. The van der Waals surface area contributed by atoms with E-state index in [9.17, 15) is 0 Å². The molecule has 21 heavy (non-hydrogen) atoms. The Kier molecular flexibility index (Phi) is 3.92. The summed E-state index contributed by atoms with van der Waals surface area (Å²) in [6.45, 7) is 2.20. The van der Waals surface area contributed by atoms with Gasteiger partial charge >= 0.3 is 0 Å². The highest BCUT2D eigenvalue weighted by atomic mass is 14.9. The Labute approximate surface area is 126 Å². The van der Waals surface area contributed by atoms with Crippen molar-refractivity contribution in [1.29, 1.82) is 5.26 Å². The van der Waals surface area contributed by atoms with Gasteiger partial charge in [-0.15, -0.1) is 0 Å². The molecule has 0 amide bonds. The zero-order valence-electron chi connectivity index (χ0n) is 12.3. The van der Waals surface area contributed by atoms with Crippen LogP contribution in [0.4, 0.5) is 5.69 Å². The predicted octanol–water partition coefficient (Wildman–Crippen LogP) is 4.42. The highest BCUT2D eigenvalue weighted by Crippen LogP contribution is 2.39. The number of hydrogen-bond acceptors (Lipinski definition) is 2. The van der Waals surface area contributed by atoms with E-state index in [0.29, 0.717) is 18.4 Å². The Balaban J connectivity index is 1.55. The molecule has 0 aliphatic heterocycles. The van der Waals surface area contributed by atoms with Gasteiger partial charge in [-0.2, -0.15) is 5.26 Å². The number of nitrogens with one attached hydrogen (secondary N) is 1. The Morgan fingerprint density at radius 1 is 1.10 bits per heavy atom. The number of rotatable bonds is 4. The Bertz CT molecular complexity index is 646. The number of aryl methyl sites for hydroxylation is 1. The highest BCUT2D eigenvalue weighted by molar-refractivity contribution is 5.47. The maximum atomic E-state index is 8.68. The topological polar surface area (TPSA) is 35.8 Å². The SMILES string of the molecule is Cc1ccccc1C1CC(Nc2ccc(CC#N)cc2)C1. The standard InChI is InChI=1S/C19H20N2/c1-14-4-2-3-5-19(14)16-12-18(13-16)21-17-8-6-15(7-9-17)10-11-20/h2-9,16,18,21H,10,12-13H2,1H3. The van der Waals surface area contributed by atoms with Crippen molar-refractivity contribution < 1.29 is 0 Å². The largest absolute Gasteiger partial charge is 0.382 e. The monoisotopic (exact) mass is 276 g/mol. The summed E-state index contributed by atoms with van der Waals surface area (Å²) in [4.78, 5) is 0. The molecule has 1 saturated carbocycles. The summed E-state index contributed by atoms with van der Waals surface area (Å²) in [6, 6.07) is 19.7. The van der Waals surface area contributed by atoms with Crippen LogP contribution in [0.15, 0.2) is 48.5 Å².